The van der Waals surface area contributed by atoms with Crippen molar-refractivity contribution in [3.8, 4) is 28.7 Å². The maximum absolute atomic E-state index is 12.7. The first kappa shape index (κ1) is 24.6. The van der Waals surface area contributed by atoms with Crippen molar-refractivity contribution in [2.75, 3.05) is 27.3 Å². The smallest absolute Gasteiger partial charge is 0.283 e. The molecule has 0 fully saturated rings. The van der Waals surface area contributed by atoms with Crippen molar-refractivity contribution in [3.05, 3.63) is 47.0 Å². The second-order valence-electron chi connectivity index (χ2n) is 7.91. The lowest BCUT2D eigenvalue weighted by Gasteiger charge is -2.24. The fraction of sp³-hybridized carbons (Fsp3) is 0.217. The van der Waals surface area contributed by atoms with Crippen LogP contribution in [-0.4, -0.2) is 62.7 Å². The number of methoxy groups -OCH3 is 2. The number of ether oxygens (including phenoxy) is 5. The number of amidine groups is 3. The van der Waals surface area contributed by atoms with E-state index in [1.54, 1.807) is 18.2 Å². The normalized spacial score (nSPS) is 17.5. The highest BCUT2D eigenvalue weighted by Crippen LogP contribution is 2.41. The van der Waals surface area contributed by atoms with Gasteiger partial charge in [0.15, 0.2) is 23.0 Å². The Balaban J connectivity index is 1.45. The average molecular weight is 545 g/mol. The van der Waals surface area contributed by atoms with Crippen molar-refractivity contribution in [2.24, 2.45) is 9.39 Å². The molecule has 1 N–H and O–H groups in total. The predicted molar refractivity (Wildman–Crippen MR) is 136 cm³/mol. The summed E-state index contributed by atoms with van der Waals surface area (Å²) in [5.41, 5.74) is 1.16. The Labute approximate surface area is 216 Å². The number of aliphatic imine (C=N–C) groups is 1. The molecule has 192 valence electrons. The van der Waals surface area contributed by atoms with E-state index in [-0.39, 0.29) is 35.1 Å². The number of nitrogens with zero attached hydrogens (tertiary/aromatic N) is 3. The lowest BCUT2D eigenvalue weighted by atomic mass is 10.1. The van der Waals surface area contributed by atoms with Crippen molar-refractivity contribution >= 4 is 49.9 Å². The number of carbonyl (C=O) groups excluding carboxylic acids is 1. The third-order valence-corrected chi connectivity index (χ3v) is 7.19. The number of carbonyl (C=O) groups is 1. The molecule has 3 aliphatic rings. The molecule has 0 unspecified atom stereocenters. The van der Waals surface area contributed by atoms with Gasteiger partial charge >= 0.3 is 0 Å². The molecule has 0 radical (unpaired) electrons. The molecule has 2 aromatic carbocycles. The van der Waals surface area contributed by atoms with Gasteiger partial charge in [-0.3, -0.25) is 10.2 Å². The summed E-state index contributed by atoms with van der Waals surface area (Å²) in [4.78, 5) is 17.6. The summed E-state index contributed by atoms with van der Waals surface area (Å²) in [6.45, 7) is 0.356. The van der Waals surface area contributed by atoms with Gasteiger partial charge in [0.25, 0.3) is 5.91 Å². The number of benzene rings is 2. The summed E-state index contributed by atoms with van der Waals surface area (Å²) >= 11 is 0.726. The van der Waals surface area contributed by atoms with E-state index < -0.39 is 15.7 Å². The van der Waals surface area contributed by atoms with E-state index >= 15 is 0 Å². The van der Waals surface area contributed by atoms with Crippen LogP contribution in [0.1, 0.15) is 11.1 Å². The zero-order valence-corrected chi connectivity index (χ0v) is 21.4. The van der Waals surface area contributed by atoms with Gasteiger partial charge in [-0.1, -0.05) is 6.07 Å². The number of amides is 1. The molecule has 0 aliphatic carbocycles. The molecule has 2 aromatic rings. The van der Waals surface area contributed by atoms with Crippen LogP contribution in [0, 0.1) is 5.41 Å². The number of fused-ring (bicyclic) bond motifs is 2. The zero-order valence-electron chi connectivity index (χ0n) is 19.8. The minimum Gasteiger partial charge on any atom is -0.493 e. The highest BCUT2D eigenvalue weighted by molar-refractivity contribution is 8.16. The van der Waals surface area contributed by atoms with Crippen LogP contribution < -0.4 is 23.7 Å². The van der Waals surface area contributed by atoms with Crippen LogP contribution in [0.4, 0.5) is 0 Å². The summed E-state index contributed by atoms with van der Waals surface area (Å²) in [7, 11) is -0.839. The van der Waals surface area contributed by atoms with Crippen molar-refractivity contribution in [3.63, 3.8) is 0 Å². The molecule has 12 nitrogen and oxygen atoms in total. The van der Waals surface area contributed by atoms with E-state index in [1.165, 1.54) is 20.3 Å². The summed E-state index contributed by atoms with van der Waals surface area (Å²) < 4.78 is 55.8. The molecule has 3 aliphatic heterocycles. The standard InChI is InChI=1S/C23H20N4O8S2/c1-31-17-8-13(6-14-20(24)27-22(25-21(14)28)36-26-23(27)37(3,29)30)9-18(32-2)19(17)33-10-12-4-5-15-16(7-12)35-11-34-15/h4-9,24H,10-11H2,1-3H3/b14-6-,24-20?. The molecule has 5 rings (SSSR count). The van der Waals surface area contributed by atoms with E-state index in [0.29, 0.717) is 34.3 Å². The number of nitrogens with one attached hydrogen (secondary N) is 1. The fourth-order valence-corrected chi connectivity index (χ4v) is 5.56. The summed E-state index contributed by atoms with van der Waals surface area (Å²) in [6.07, 6.45) is 2.38. The molecule has 0 atom stereocenters. The highest BCUT2D eigenvalue weighted by Gasteiger charge is 2.41. The second-order valence-corrected chi connectivity index (χ2v) is 10.5. The molecule has 37 heavy (non-hydrogen) atoms. The first-order chi connectivity index (χ1) is 17.7. The molecular formula is C23H20N4O8S2. The van der Waals surface area contributed by atoms with Gasteiger partial charge in [-0.25, -0.2) is 13.3 Å². The molecule has 0 aromatic heterocycles. The maximum atomic E-state index is 12.7. The molecule has 0 spiro atoms. The Hall–Kier alpha value is -4.04. The molecule has 1 amide bonds. The quantitative estimate of drug-likeness (QED) is 0.425. The fourth-order valence-electron chi connectivity index (χ4n) is 3.72. The zero-order chi connectivity index (χ0) is 26.3. The first-order valence-corrected chi connectivity index (χ1v) is 13.3. The Kier molecular flexibility index (Phi) is 6.29. The lowest BCUT2D eigenvalue weighted by Crippen LogP contribution is -2.45. The predicted octanol–water partition coefficient (Wildman–Crippen LogP) is 2.63. The third-order valence-electron chi connectivity index (χ3n) is 5.44. The molecular weight excluding hydrogens is 524 g/mol. The van der Waals surface area contributed by atoms with Crippen molar-refractivity contribution in [1.82, 2.24) is 4.90 Å². The molecule has 14 heteroatoms. The summed E-state index contributed by atoms with van der Waals surface area (Å²) in [5.74, 6) is 1.21. The largest absolute Gasteiger partial charge is 0.493 e. The van der Waals surface area contributed by atoms with Gasteiger partial charge in [0, 0.05) is 6.26 Å². The van der Waals surface area contributed by atoms with Crippen LogP contribution >= 0.6 is 11.9 Å². The maximum Gasteiger partial charge on any atom is 0.283 e. The lowest BCUT2D eigenvalue weighted by molar-refractivity contribution is -0.114. The van der Waals surface area contributed by atoms with Gasteiger partial charge in [0.05, 0.1) is 31.7 Å². The van der Waals surface area contributed by atoms with Crippen LogP contribution in [0.2, 0.25) is 0 Å². The number of hydrogen-bond donors (Lipinski definition) is 1. The second kappa shape index (κ2) is 9.44. The van der Waals surface area contributed by atoms with Crippen LogP contribution in [0.25, 0.3) is 6.08 Å². The van der Waals surface area contributed by atoms with Crippen LogP contribution in [0.15, 0.2) is 45.3 Å². The Morgan fingerprint density at radius 2 is 1.84 bits per heavy atom. The SMILES string of the molecule is COc1cc(/C=C2/C(=N)N3C(=NC2=O)SN=C3S(C)(=O)=O)cc(OC)c1OCc1ccc2c(c1)OCO2. The Morgan fingerprint density at radius 3 is 2.51 bits per heavy atom. The number of hydrogen-bond acceptors (Lipinski definition) is 11. The van der Waals surface area contributed by atoms with Gasteiger partial charge in [0.2, 0.25) is 32.7 Å². The van der Waals surface area contributed by atoms with Gasteiger partial charge in [-0.05, 0) is 41.5 Å². The minimum absolute atomic E-state index is 0.00926. The van der Waals surface area contributed by atoms with Crippen LogP contribution in [-0.2, 0) is 21.2 Å². The van der Waals surface area contributed by atoms with Gasteiger partial charge < -0.3 is 23.7 Å². The number of sulfone groups is 1. The topological polar surface area (TPSA) is 149 Å². The molecule has 3 heterocycles. The molecule has 0 saturated heterocycles. The molecule has 0 saturated carbocycles. The van der Waals surface area contributed by atoms with Crippen molar-refractivity contribution in [1.29, 1.82) is 5.41 Å². The van der Waals surface area contributed by atoms with Gasteiger partial charge in [-0.15, -0.1) is 0 Å². The van der Waals surface area contributed by atoms with Crippen molar-refractivity contribution in [2.45, 2.75) is 6.61 Å². The summed E-state index contributed by atoms with van der Waals surface area (Å²) in [5, 5.41) is 8.16. The first-order valence-electron chi connectivity index (χ1n) is 10.7. The Morgan fingerprint density at radius 1 is 1.14 bits per heavy atom. The van der Waals surface area contributed by atoms with Gasteiger partial charge in [-0.2, -0.15) is 9.39 Å². The molecule has 0 bridgehead atoms. The Bertz CT molecular complexity index is 1510. The van der Waals surface area contributed by atoms with Gasteiger partial charge in [0.1, 0.15) is 12.4 Å². The third kappa shape index (κ3) is 4.60. The highest BCUT2D eigenvalue weighted by atomic mass is 32.2. The van der Waals surface area contributed by atoms with Crippen LogP contribution in [0.5, 0.6) is 28.7 Å². The average Bonchev–Trinajstić information content (AvgIpc) is 3.51. The van der Waals surface area contributed by atoms with E-state index in [0.717, 1.165) is 28.7 Å². The van der Waals surface area contributed by atoms with E-state index in [1.807, 2.05) is 12.1 Å². The van der Waals surface area contributed by atoms with E-state index in [4.69, 9.17) is 29.1 Å². The van der Waals surface area contributed by atoms with E-state index in [9.17, 15) is 13.2 Å². The minimum atomic E-state index is -3.76. The number of rotatable bonds is 6. The monoisotopic (exact) mass is 544 g/mol. The van der Waals surface area contributed by atoms with E-state index in [2.05, 4.69) is 9.39 Å². The van der Waals surface area contributed by atoms with Crippen molar-refractivity contribution < 1.29 is 36.9 Å². The van der Waals surface area contributed by atoms with Crippen LogP contribution in [0.3, 0.4) is 0 Å². The summed E-state index contributed by atoms with van der Waals surface area (Å²) in [6, 6.07) is 8.68.